The van der Waals surface area contributed by atoms with E-state index in [-0.39, 0.29) is 11.7 Å². The second kappa shape index (κ2) is 9.65. The highest BCUT2D eigenvalue weighted by atomic mass is 35.5. The van der Waals surface area contributed by atoms with Gasteiger partial charge in [0, 0.05) is 22.7 Å². The van der Waals surface area contributed by atoms with E-state index in [1.165, 1.54) is 11.8 Å². The number of benzene rings is 2. The van der Waals surface area contributed by atoms with E-state index in [2.05, 4.69) is 10.6 Å². The van der Waals surface area contributed by atoms with E-state index in [9.17, 15) is 14.4 Å². The van der Waals surface area contributed by atoms with Gasteiger partial charge in [0.25, 0.3) is 0 Å². The largest absolute Gasteiger partial charge is 0.478 e. The number of thioether (sulfide) groups is 1. The summed E-state index contributed by atoms with van der Waals surface area (Å²) >= 11 is 7.33. The first-order chi connectivity index (χ1) is 12.4. The first-order valence-corrected chi connectivity index (χ1v) is 8.79. The molecule has 0 saturated heterocycles. The summed E-state index contributed by atoms with van der Waals surface area (Å²) in [7, 11) is 0. The second-order valence-corrected chi connectivity index (χ2v) is 6.46. The molecule has 26 heavy (non-hydrogen) atoms. The van der Waals surface area contributed by atoms with Crippen molar-refractivity contribution >= 4 is 52.5 Å². The third-order valence-electron chi connectivity index (χ3n) is 3.02. The average Bonchev–Trinajstić information content (AvgIpc) is 2.61. The van der Waals surface area contributed by atoms with Crippen LogP contribution in [0.2, 0.25) is 5.02 Å². The minimum atomic E-state index is -1.19. The smallest absolute Gasteiger partial charge is 0.328 e. The molecule has 0 atom stereocenters. The molecule has 3 N–H and O–H groups in total. The number of nitrogens with one attached hydrogen (secondary N) is 2. The fourth-order valence-corrected chi connectivity index (χ4v) is 2.74. The lowest BCUT2D eigenvalue weighted by molar-refractivity contribution is -0.131. The van der Waals surface area contributed by atoms with Crippen LogP contribution in [-0.2, 0) is 14.4 Å². The number of carbonyl (C=O) groups excluding carboxylic acids is 2. The molecule has 0 saturated carbocycles. The number of carboxylic acids is 1. The lowest BCUT2D eigenvalue weighted by atomic mass is 10.3. The summed E-state index contributed by atoms with van der Waals surface area (Å²) in [6, 6.07) is 13.8. The Morgan fingerprint density at radius 1 is 1.00 bits per heavy atom. The molecule has 0 heterocycles. The number of amides is 2. The molecule has 2 aromatic carbocycles. The van der Waals surface area contributed by atoms with Gasteiger partial charge >= 0.3 is 5.97 Å². The Morgan fingerprint density at radius 2 is 1.69 bits per heavy atom. The summed E-state index contributed by atoms with van der Waals surface area (Å²) in [4.78, 5) is 34.7. The number of anilines is 2. The van der Waals surface area contributed by atoms with Crippen molar-refractivity contribution in [3.05, 3.63) is 65.7 Å². The molecule has 134 valence electrons. The summed E-state index contributed by atoms with van der Waals surface area (Å²) in [5.74, 6) is -1.70. The predicted molar refractivity (Wildman–Crippen MR) is 103 cm³/mol. The summed E-state index contributed by atoms with van der Waals surface area (Å²) in [6.07, 6.45) is 1.70. The van der Waals surface area contributed by atoms with Gasteiger partial charge < -0.3 is 15.7 Å². The standard InChI is InChI=1S/C18H15ClN2O4S/c19-14-3-1-2-4-15(14)21-17(23)11-26-13-7-5-12(6-8-13)20-16(22)9-10-18(24)25/h1-10H,11H2,(H,20,22)(H,21,23)(H,24,25)/b10-9+. The maximum absolute atomic E-state index is 12.0. The first kappa shape index (κ1) is 19.6. The first-order valence-electron chi connectivity index (χ1n) is 7.43. The SMILES string of the molecule is O=C(O)/C=C/C(=O)Nc1ccc(SCC(=O)Nc2ccccc2Cl)cc1. The molecule has 2 amide bonds. The molecule has 6 nitrogen and oxygen atoms in total. The molecular formula is C18H15ClN2O4S. The normalized spacial score (nSPS) is 10.5. The Labute approximate surface area is 159 Å². The second-order valence-electron chi connectivity index (χ2n) is 5.00. The summed E-state index contributed by atoms with van der Waals surface area (Å²) in [5, 5.41) is 14.2. The van der Waals surface area contributed by atoms with Gasteiger partial charge in [-0.3, -0.25) is 9.59 Å². The summed E-state index contributed by atoms with van der Waals surface area (Å²) in [5.41, 5.74) is 1.09. The van der Waals surface area contributed by atoms with E-state index in [4.69, 9.17) is 16.7 Å². The number of aliphatic carboxylic acids is 1. The molecule has 0 bridgehead atoms. The highest BCUT2D eigenvalue weighted by molar-refractivity contribution is 8.00. The summed E-state index contributed by atoms with van der Waals surface area (Å²) in [6.45, 7) is 0. The number of carbonyl (C=O) groups is 3. The van der Waals surface area contributed by atoms with Gasteiger partial charge in [-0.25, -0.2) is 4.79 Å². The van der Waals surface area contributed by atoms with E-state index < -0.39 is 11.9 Å². The molecule has 0 unspecified atom stereocenters. The van der Waals surface area contributed by atoms with Crippen molar-refractivity contribution in [3.8, 4) is 0 Å². The van der Waals surface area contributed by atoms with E-state index in [0.717, 1.165) is 17.0 Å². The fourth-order valence-electron chi connectivity index (χ4n) is 1.86. The number of rotatable bonds is 7. The van der Waals surface area contributed by atoms with Crippen molar-refractivity contribution in [2.45, 2.75) is 4.90 Å². The van der Waals surface area contributed by atoms with Gasteiger partial charge in [-0.1, -0.05) is 23.7 Å². The Hall–Kier alpha value is -2.77. The van der Waals surface area contributed by atoms with Crippen molar-refractivity contribution in [1.82, 2.24) is 0 Å². The van der Waals surface area contributed by atoms with Crippen molar-refractivity contribution < 1.29 is 19.5 Å². The number of carboxylic acid groups (broad SMARTS) is 1. The van der Waals surface area contributed by atoms with Gasteiger partial charge in [-0.15, -0.1) is 11.8 Å². The Kier molecular flexibility index (Phi) is 7.25. The van der Waals surface area contributed by atoms with Crippen molar-refractivity contribution in [1.29, 1.82) is 0 Å². The molecular weight excluding hydrogens is 376 g/mol. The number of hydrogen-bond acceptors (Lipinski definition) is 4. The van der Waals surface area contributed by atoms with Crippen LogP contribution in [0.4, 0.5) is 11.4 Å². The van der Waals surface area contributed by atoms with Crippen molar-refractivity contribution in [2.75, 3.05) is 16.4 Å². The lowest BCUT2D eigenvalue weighted by Gasteiger charge is -2.07. The zero-order chi connectivity index (χ0) is 18.9. The lowest BCUT2D eigenvalue weighted by Crippen LogP contribution is -2.14. The molecule has 0 aliphatic carbocycles. The Morgan fingerprint density at radius 3 is 2.35 bits per heavy atom. The van der Waals surface area contributed by atoms with E-state index in [1.807, 2.05) is 0 Å². The zero-order valence-corrected chi connectivity index (χ0v) is 15.0. The van der Waals surface area contributed by atoms with Gasteiger partial charge in [0.15, 0.2) is 0 Å². The number of para-hydroxylation sites is 1. The van der Waals surface area contributed by atoms with Crippen LogP contribution in [0.5, 0.6) is 0 Å². The van der Waals surface area contributed by atoms with Crippen LogP contribution >= 0.6 is 23.4 Å². The van der Waals surface area contributed by atoms with Gasteiger partial charge in [0.05, 0.1) is 16.5 Å². The van der Waals surface area contributed by atoms with Crippen LogP contribution in [0.25, 0.3) is 0 Å². The molecule has 0 spiro atoms. The van der Waals surface area contributed by atoms with Gasteiger partial charge in [-0.2, -0.15) is 0 Å². The van der Waals surface area contributed by atoms with Crippen LogP contribution in [0.3, 0.4) is 0 Å². The molecule has 2 aromatic rings. The highest BCUT2D eigenvalue weighted by Crippen LogP contribution is 2.23. The average molecular weight is 391 g/mol. The molecule has 0 aliphatic heterocycles. The quantitative estimate of drug-likeness (QED) is 0.495. The molecule has 2 rings (SSSR count). The molecule has 0 aromatic heterocycles. The van der Waals surface area contributed by atoms with E-state index in [1.54, 1.807) is 48.5 Å². The summed E-state index contributed by atoms with van der Waals surface area (Å²) < 4.78 is 0. The predicted octanol–water partition coefficient (Wildman–Crippen LogP) is 3.65. The van der Waals surface area contributed by atoms with Gasteiger partial charge in [0.2, 0.25) is 11.8 Å². The van der Waals surface area contributed by atoms with Gasteiger partial charge in [0.1, 0.15) is 0 Å². The highest BCUT2D eigenvalue weighted by Gasteiger charge is 2.06. The number of halogens is 1. The number of hydrogen-bond donors (Lipinski definition) is 3. The third-order valence-corrected chi connectivity index (χ3v) is 4.36. The molecule has 0 fully saturated rings. The van der Waals surface area contributed by atoms with Gasteiger partial charge in [-0.05, 0) is 36.4 Å². The van der Waals surface area contributed by atoms with Crippen molar-refractivity contribution in [2.24, 2.45) is 0 Å². The minimum absolute atomic E-state index is 0.181. The topological polar surface area (TPSA) is 95.5 Å². The van der Waals surface area contributed by atoms with Crippen LogP contribution in [0.15, 0.2) is 65.6 Å². The minimum Gasteiger partial charge on any atom is -0.478 e. The Balaban J connectivity index is 1.83. The van der Waals surface area contributed by atoms with Crippen LogP contribution in [-0.4, -0.2) is 28.6 Å². The van der Waals surface area contributed by atoms with E-state index in [0.29, 0.717) is 16.4 Å². The maximum atomic E-state index is 12.0. The monoisotopic (exact) mass is 390 g/mol. The van der Waals surface area contributed by atoms with E-state index >= 15 is 0 Å². The molecule has 0 radical (unpaired) electrons. The van der Waals surface area contributed by atoms with Crippen molar-refractivity contribution in [3.63, 3.8) is 0 Å². The fraction of sp³-hybridized carbons (Fsp3) is 0.0556. The maximum Gasteiger partial charge on any atom is 0.328 e. The Bertz CT molecular complexity index is 837. The third kappa shape index (κ3) is 6.62. The van der Waals surface area contributed by atoms with Crippen LogP contribution < -0.4 is 10.6 Å². The molecule has 0 aliphatic rings. The van der Waals surface area contributed by atoms with Crippen LogP contribution in [0.1, 0.15) is 0 Å². The zero-order valence-electron chi connectivity index (χ0n) is 13.4. The van der Waals surface area contributed by atoms with Crippen LogP contribution in [0, 0.1) is 0 Å². The molecule has 8 heteroatoms.